The fourth-order valence-corrected chi connectivity index (χ4v) is 1.27. The van der Waals surface area contributed by atoms with Gasteiger partial charge in [-0.1, -0.05) is 13.3 Å². The highest BCUT2D eigenvalue weighted by molar-refractivity contribution is 5.48. The molecule has 1 aromatic carbocycles. The highest BCUT2D eigenvalue weighted by Crippen LogP contribution is 2.28. The van der Waals surface area contributed by atoms with Crippen molar-refractivity contribution in [3.8, 4) is 5.75 Å². The molecule has 4 N–H and O–H groups in total. The van der Waals surface area contributed by atoms with Gasteiger partial charge in [-0.3, -0.25) is 0 Å². The van der Waals surface area contributed by atoms with Gasteiger partial charge in [-0.2, -0.15) is 0 Å². The molecule has 1 rings (SSSR count). The predicted octanol–water partition coefficient (Wildman–Crippen LogP) is 1.81. The number of hydrogen-bond acceptors (Lipinski definition) is 3. The van der Waals surface area contributed by atoms with E-state index in [0.29, 0.717) is 17.7 Å². The summed E-state index contributed by atoms with van der Waals surface area (Å²) in [4.78, 5) is 0. The third-order valence-electron chi connectivity index (χ3n) is 1.97. The lowest BCUT2D eigenvalue weighted by molar-refractivity contribution is 0.163. The van der Waals surface area contributed by atoms with Gasteiger partial charge in [-0.15, -0.1) is 0 Å². The van der Waals surface area contributed by atoms with Gasteiger partial charge in [0.1, 0.15) is 5.75 Å². The van der Waals surface area contributed by atoms with Crippen LogP contribution in [0, 0.1) is 0 Å². The van der Waals surface area contributed by atoms with E-state index in [9.17, 15) is 10.2 Å². The van der Waals surface area contributed by atoms with E-state index in [1.807, 2.05) is 6.92 Å². The van der Waals surface area contributed by atoms with E-state index in [-0.39, 0.29) is 5.75 Å². The van der Waals surface area contributed by atoms with Crippen molar-refractivity contribution in [3.05, 3.63) is 23.8 Å². The lowest BCUT2D eigenvalue weighted by Crippen LogP contribution is -1.98. The Balaban J connectivity index is 2.91. The van der Waals surface area contributed by atoms with E-state index in [4.69, 9.17) is 5.73 Å². The van der Waals surface area contributed by atoms with Crippen molar-refractivity contribution < 1.29 is 10.2 Å². The first-order chi connectivity index (χ1) is 6.15. The van der Waals surface area contributed by atoms with Gasteiger partial charge < -0.3 is 15.9 Å². The SMILES string of the molecule is CCCC(O)c1cc(N)ccc1O. The Morgan fingerprint density at radius 3 is 2.77 bits per heavy atom. The summed E-state index contributed by atoms with van der Waals surface area (Å²) in [6.07, 6.45) is 0.889. The molecule has 72 valence electrons. The molecule has 0 amide bonds. The van der Waals surface area contributed by atoms with Crippen molar-refractivity contribution in [2.45, 2.75) is 25.9 Å². The topological polar surface area (TPSA) is 66.5 Å². The Kier molecular flexibility index (Phi) is 3.14. The Hall–Kier alpha value is -1.22. The largest absolute Gasteiger partial charge is 0.508 e. The van der Waals surface area contributed by atoms with Crippen molar-refractivity contribution >= 4 is 5.69 Å². The fourth-order valence-electron chi connectivity index (χ4n) is 1.27. The molecule has 0 fully saturated rings. The number of nitrogen functional groups attached to an aromatic ring is 1. The first-order valence-electron chi connectivity index (χ1n) is 4.41. The molecule has 0 radical (unpaired) electrons. The summed E-state index contributed by atoms with van der Waals surface area (Å²) in [5.41, 5.74) is 6.61. The van der Waals surface area contributed by atoms with Gasteiger partial charge in [-0.25, -0.2) is 0 Å². The minimum Gasteiger partial charge on any atom is -0.508 e. The number of phenols is 1. The summed E-state index contributed by atoms with van der Waals surface area (Å²) in [6, 6.07) is 4.72. The molecule has 0 aliphatic heterocycles. The normalized spacial score (nSPS) is 12.8. The second-order valence-corrected chi connectivity index (χ2v) is 3.12. The minimum absolute atomic E-state index is 0.107. The Bertz CT molecular complexity index is 286. The number of nitrogens with two attached hydrogens (primary N) is 1. The van der Waals surface area contributed by atoms with Crippen LogP contribution in [-0.2, 0) is 0 Å². The standard InChI is InChI=1S/C10H15NO2/c1-2-3-9(12)8-6-7(11)4-5-10(8)13/h4-6,9,12-13H,2-3,11H2,1H3. The van der Waals surface area contributed by atoms with Crippen LogP contribution < -0.4 is 5.73 Å². The summed E-state index contributed by atoms with van der Waals surface area (Å²) < 4.78 is 0. The number of hydrogen-bond donors (Lipinski definition) is 3. The van der Waals surface area contributed by atoms with E-state index in [2.05, 4.69) is 0 Å². The van der Waals surface area contributed by atoms with Crippen LogP contribution in [0.15, 0.2) is 18.2 Å². The number of phenolic OH excluding ortho intramolecular Hbond substituents is 1. The number of benzene rings is 1. The van der Waals surface area contributed by atoms with E-state index >= 15 is 0 Å². The lowest BCUT2D eigenvalue weighted by atomic mass is 10.0. The average molecular weight is 181 g/mol. The third-order valence-corrected chi connectivity index (χ3v) is 1.97. The van der Waals surface area contributed by atoms with Gasteiger partial charge in [0.15, 0.2) is 0 Å². The first-order valence-corrected chi connectivity index (χ1v) is 4.41. The maximum atomic E-state index is 9.61. The maximum absolute atomic E-state index is 9.61. The van der Waals surface area contributed by atoms with Gasteiger partial charge >= 0.3 is 0 Å². The summed E-state index contributed by atoms with van der Waals surface area (Å²) in [6.45, 7) is 1.98. The Labute approximate surface area is 77.8 Å². The van der Waals surface area contributed by atoms with Crippen molar-refractivity contribution in [1.82, 2.24) is 0 Å². The highest BCUT2D eigenvalue weighted by atomic mass is 16.3. The van der Waals surface area contributed by atoms with Crippen molar-refractivity contribution in [3.63, 3.8) is 0 Å². The molecule has 0 heterocycles. The summed E-state index contributed by atoms with van der Waals surface area (Å²) in [5.74, 6) is 0.107. The van der Waals surface area contributed by atoms with Gasteiger partial charge in [0.2, 0.25) is 0 Å². The molecular weight excluding hydrogens is 166 g/mol. The number of aromatic hydroxyl groups is 1. The quantitative estimate of drug-likeness (QED) is 0.492. The molecule has 0 aliphatic rings. The molecule has 3 heteroatoms. The van der Waals surface area contributed by atoms with E-state index in [0.717, 1.165) is 6.42 Å². The van der Waals surface area contributed by atoms with Crippen LogP contribution in [0.25, 0.3) is 0 Å². The van der Waals surface area contributed by atoms with Crippen LogP contribution in [-0.4, -0.2) is 10.2 Å². The van der Waals surface area contributed by atoms with Gasteiger partial charge in [0, 0.05) is 11.3 Å². The molecule has 0 aliphatic carbocycles. The second-order valence-electron chi connectivity index (χ2n) is 3.12. The molecule has 1 atom stereocenters. The van der Waals surface area contributed by atoms with Crippen LogP contribution in [0.2, 0.25) is 0 Å². The number of aliphatic hydroxyl groups excluding tert-OH is 1. The smallest absolute Gasteiger partial charge is 0.121 e. The number of aliphatic hydroxyl groups is 1. The molecule has 1 aromatic rings. The molecule has 1 unspecified atom stereocenters. The monoisotopic (exact) mass is 181 g/mol. The number of anilines is 1. The highest BCUT2D eigenvalue weighted by Gasteiger charge is 2.10. The van der Waals surface area contributed by atoms with Gasteiger partial charge in [0.05, 0.1) is 6.10 Å². The predicted molar refractivity (Wildman–Crippen MR) is 52.4 cm³/mol. The maximum Gasteiger partial charge on any atom is 0.121 e. The molecular formula is C10H15NO2. The Morgan fingerprint density at radius 2 is 2.15 bits per heavy atom. The van der Waals surface area contributed by atoms with Crippen LogP contribution in [0.3, 0.4) is 0 Å². The van der Waals surface area contributed by atoms with Crippen LogP contribution in [0.1, 0.15) is 31.4 Å². The average Bonchev–Trinajstić information content (AvgIpc) is 2.09. The molecule has 3 nitrogen and oxygen atoms in total. The minimum atomic E-state index is -0.617. The van der Waals surface area contributed by atoms with Crippen molar-refractivity contribution in [2.75, 3.05) is 5.73 Å². The summed E-state index contributed by atoms with van der Waals surface area (Å²) >= 11 is 0. The molecule has 0 bridgehead atoms. The molecule has 0 spiro atoms. The summed E-state index contributed by atoms with van der Waals surface area (Å²) in [7, 11) is 0. The zero-order chi connectivity index (χ0) is 9.84. The summed E-state index contributed by atoms with van der Waals surface area (Å²) in [5, 5.41) is 19.0. The third kappa shape index (κ3) is 2.36. The Morgan fingerprint density at radius 1 is 1.46 bits per heavy atom. The van der Waals surface area contributed by atoms with Crippen LogP contribution in [0.4, 0.5) is 5.69 Å². The van der Waals surface area contributed by atoms with Crippen molar-refractivity contribution in [2.24, 2.45) is 0 Å². The molecule has 0 saturated heterocycles. The first kappa shape index (κ1) is 9.86. The molecule has 0 aromatic heterocycles. The van der Waals surface area contributed by atoms with Gasteiger partial charge in [-0.05, 0) is 24.6 Å². The van der Waals surface area contributed by atoms with Gasteiger partial charge in [0.25, 0.3) is 0 Å². The molecule has 0 saturated carbocycles. The van der Waals surface area contributed by atoms with E-state index in [1.165, 1.54) is 6.07 Å². The van der Waals surface area contributed by atoms with Crippen LogP contribution >= 0.6 is 0 Å². The van der Waals surface area contributed by atoms with Crippen molar-refractivity contribution in [1.29, 1.82) is 0 Å². The zero-order valence-electron chi connectivity index (χ0n) is 7.70. The molecule has 13 heavy (non-hydrogen) atoms. The second kappa shape index (κ2) is 4.14. The lowest BCUT2D eigenvalue weighted by Gasteiger charge is -2.11. The fraction of sp³-hybridized carbons (Fsp3) is 0.400. The van der Waals surface area contributed by atoms with Crippen LogP contribution in [0.5, 0.6) is 5.75 Å². The number of rotatable bonds is 3. The van der Waals surface area contributed by atoms with E-state index < -0.39 is 6.10 Å². The van der Waals surface area contributed by atoms with E-state index in [1.54, 1.807) is 12.1 Å². The zero-order valence-corrected chi connectivity index (χ0v) is 7.70.